The Morgan fingerprint density at radius 3 is 2.72 bits per heavy atom. The lowest BCUT2D eigenvalue weighted by Gasteiger charge is -2.19. The fourth-order valence-electron chi connectivity index (χ4n) is 3.74. The van der Waals surface area contributed by atoms with Crippen LogP contribution in [0.5, 0.6) is 0 Å². The van der Waals surface area contributed by atoms with E-state index in [4.69, 9.17) is 0 Å². The van der Waals surface area contributed by atoms with Gasteiger partial charge in [-0.15, -0.1) is 11.3 Å². The van der Waals surface area contributed by atoms with Crippen LogP contribution in [0.25, 0.3) is 10.2 Å². The molecular weight excluding hydrogens is 398 g/mol. The Labute approximate surface area is 180 Å². The third-order valence-corrected chi connectivity index (χ3v) is 7.58. The van der Waals surface area contributed by atoms with E-state index in [-0.39, 0.29) is 11.3 Å². The largest absolute Gasteiger partial charge is 0.325 e. The summed E-state index contributed by atoms with van der Waals surface area (Å²) in [5.74, 6) is 1.06. The molecule has 3 aromatic rings. The first-order chi connectivity index (χ1) is 13.8. The molecule has 29 heavy (non-hydrogen) atoms. The number of nitrogens with one attached hydrogen (secondary N) is 1. The molecule has 4 nitrogen and oxygen atoms in total. The zero-order valence-corrected chi connectivity index (χ0v) is 19.0. The van der Waals surface area contributed by atoms with E-state index in [0.29, 0.717) is 5.75 Å². The predicted molar refractivity (Wildman–Crippen MR) is 123 cm³/mol. The second kappa shape index (κ2) is 8.07. The van der Waals surface area contributed by atoms with Crippen molar-refractivity contribution in [2.75, 3.05) is 11.1 Å². The lowest BCUT2D eigenvalue weighted by molar-refractivity contribution is -0.113. The second-order valence-corrected chi connectivity index (χ2v) is 10.9. The van der Waals surface area contributed by atoms with Gasteiger partial charge in [-0.1, -0.05) is 51.6 Å². The summed E-state index contributed by atoms with van der Waals surface area (Å²) < 4.78 is 0. The number of amides is 1. The van der Waals surface area contributed by atoms with Crippen molar-refractivity contribution in [3.05, 3.63) is 46.6 Å². The second-order valence-electron chi connectivity index (χ2n) is 8.87. The molecule has 0 aliphatic heterocycles. The van der Waals surface area contributed by atoms with Gasteiger partial charge in [0.1, 0.15) is 16.2 Å². The number of thioether (sulfide) groups is 1. The zero-order chi connectivity index (χ0) is 20.6. The number of hydrogen-bond acceptors (Lipinski definition) is 5. The number of nitrogens with zero attached hydrogens (tertiary/aromatic N) is 2. The Morgan fingerprint density at radius 1 is 1.24 bits per heavy atom. The summed E-state index contributed by atoms with van der Waals surface area (Å²) in [5, 5.41) is 5.10. The van der Waals surface area contributed by atoms with Gasteiger partial charge in [-0.05, 0) is 53.9 Å². The van der Waals surface area contributed by atoms with Gasteiger partial charge in [0.25, 0.3) is 0 Å². The van der Waals surface area contributed by atoms with E-state index < -0.39 is 0 Å². The van der Waals surface area contributed by atoms with Gasteiger partial charge < -0.3 is 5.32 Å². The van der Waals surface area contributed by atoms with Crippen LogP contribution in [0.15, 0.2) is 35.6 Å². The summed E-state index contributed by atoms with van der Waals surface area (Å²) in [5.41, 5.74) is 3.60. The minimum Gasteiger partial charge on any atom is -0.325 e. The SMILES string of the molecule is CC1CCc2c(sc3ncnc(SCC(=O)Nc4ccc(C(C)(C)C)cc4)c23)C1. The minimum atomic E-state index is -0.0111. The molecule has 152 valence electrons. The van der Waals surface area contributed by atoms with Gasteiger partial charge in [-0.3, -0.25) is 4.79 Å². The summed E-state index contributed by atoms with van der Waals surface area (Å²) in [7, 11) is 0. The molecular formula is C23H27N3OS2. The van der Waals surface area contributed by atoms with Crippen LogP contribution in [0.2, 0.25) is 0 Å². The van der Waals surface area contributed by atoms with Crippen LogP contribution in [0, 0.1) is 5.92 Å². The molecule has 0 saturated heterocycles. The van der Waals surface area contributed by atoms with Crippen molar-refractivity contribution >= 4 is 44.9 Å². The van der Waals surface area contributed by atoms with Crippen LogP contribution < -0.4 is 5.32 Å². The van der Waals surface area contributed by atoms with Gasteiger partial charge in [-0.25, -0.2) is 9.97 Å². The quantitative estimate of drug-likeness (QED) is 0.421. The smallest absolute Gasteiger partial charge is 0.234 e. The summed E-state index contributed by atoms with van der Waals surface area (Å²) in [6.45, 7) is 8.86. The van der Waals surface area contributed by atoms with Crippen molar-refractivity contribution < 1.29 is 4.79 Å². The maximum absolute atomic E-state index is 12.5. The Hall–Kier alpha value is -1.92. The van der Waals surface area contributed by atoms with Gasteiger partial charge in [0.05, 0.1) is 5.75 Å². The highest BCUT2D eigenvalue weighted by molar-refractivity contribution is 8.00. The van der Waals surface area contributed by atoms with Gasteiger partial charge >= 0.3 is 0 Å². The first-order valence-electron chi connectivity index (χ1n) is 10.1. The summed E-state index contributed by atoms with van der Waals surface area (Å²) in [6.07, 6.45) is 5.05. The molecule has 0 radical (unpaired) electrons. The van der Waals surface area contributed by atoms with E-state index >= 15 is 0 Å². The summed E-state index contributed by atoms with van der Waals surface area (Å²) >= 11 is 3.30. The van der Waals surface area contributed by atoms with E-state index in [0.717, 1.165) is 34.3 Å². The molecule has 2 heterocycles. The van der Waals surface area contributed by atoms with Crippen LogP contribution in [0.3, 0.4) is 0 Å². The molecule has 1 unspecified atom stereocenters. The topological polar surface area (TPSA) is 54.9 Å². The van der Waals surface area contributed by atoms with E-state index in [1.54, 1.807) is 17.7 Å². The highest BCUT2D eigenvalue weighted by atomic mass is 32.2. The Balaban J connectivity index is 1.45. The van der Waals surface area contributed by atoms with E-state index in [1.807, 2.05) is 12.1 Å². The number of anilines is 1. The van der Waals surface area contributed by atoms with E-state index in [2.05, 4.69) is 55.1 Å². The Morgan fingerprint density at radius 2 is 2.00 bits per heavy atom. The molecule has 4 rings (SSSR count). The van der Waals surface area contributed by atoms with Crippen molar-refractivity contribution in [1.29, 1.82) is 0 Å². The fourth-order valence-corrected chi connectivity index (χ4v) is 5.98. The minimum absolute atomic E-state index is 0.0111. The van der Waals surface area contributed by atoms with Gasteiger partial charge in [0, 0.05) is 16.0 Å². The van der Waals surface area contributed by atoms with Crippen LogP contribution in [-0.2, 0) is 23.1 Å². The fraction of sp³-hybridized carbons (Fsp3) is 0.435. The number of carbonyl (C=O) groups excluding carboxylic acids is 1. The normalized spacial score (nSPS) is 16.6. The lowest BCUT2D eigenvalue weighted by Crippen LogP contribution is -2.15. The molecule has 1 aromatic carbocycles. The predicted octanol–water partition coefficient (Wildman–Crippen LogP) is 5.84. The Kier molecular flexibility index (Phi) is 5.67. The number of fused-ring (bicyclic) bond motifs is 3. The molecule has 1 amide bonds. The molecule has 1 atom stereocenters. The molecule has 0 fully saturated rings. The van der Waals surface area contributed by atoms with Crippen LogP contribution in [-0.4, -0.2) is 21.6 Å². The number of benzene rings is 1. The highest BCUT2D eigenvalue weighted by Crippen LogP contribution is 2.40. The lowest BCUT2D eigenvalue weighted by atomic mass is 9.87. The van der Waals surface area contributed by atoms with E-state index in [9.17, 15) is 4.79 Å². The van der Waals surface area contributed by atoms with Crippen LogP contribution >= 0.6 is 23.1 Å². The maximum atomic E-state index is 12.5. The molecule has 0 saturated carbocycles. The van der Waals surface area contributed by atoms with Crippen LogP contribution in [0.1, 0.15) is 50.1 Å². The van der Waals surface area contributed by atoms with Gasteiger partial charge in [0.15, 0.2) is 0 Å². The average Bonchev–Trinajstić information content (AvgIpc) is 3.04. The third kappa shape index (κ3) is 4.48. The van der Waals surface area contributed by atoms with Crippen molar-refractivity contribution in [2.24, 2.45) is 5.92 Å². The first-order valence-corrected chi connectivity index (χ1v) is 11.9. The van der Waals surface area contributed by atoms with Crippen molar-refractivity contribution in [1.82, 2.24) is 9.97 Å². The zero-order valence-electron chi connectivity index (χ0n) is 17.4. The van der Waals surface area contributed by atoms with Gasteiger partial charge in [-0.2, -0.15) is 0 Å². The molecule has 1 aliphatic carbocycles. The highest BCUT2D eigenvalue weighted by Gasteiger charge is 2.23. The Bertz CT molecular complexity index is 1030. The third-order valence-electron chi connectivity index (χ3n) is 5.43. The number of hydrogen-bond donors (Lipinski definition) is 1. The number of aryl methyl sites for hydroxylation is 1. The standard InChI is InChI=1S/C23H27N3OS2/c1-14-5-10-17-18(11-14)29-22-20(17)21(24-13-25-22)28-12-19(27)26-16-8-6-15(7-9-16)23(2,3)4/h6-9,13-14H,5,10-12H2,1-4H3,(H,26,27). The average molecular weight is 426 g/mol. The number of rotatable bonds is 4. The monoisotopic (exact) mass is 425 g/mol. The maximum Gasteiger partial charge on any atom is 0.234 e. The molecule has 0 bridgehead atoms. The summed E-state index contributed by atoms with van der Waals surface area (Å²) in [6, 6.07) is 8.11. The van der Waals surface area contributed by atoms with Crippen LogP contribution in [0.4, 0.5) is 5.69 Å². The molecule has 2 aromatic heterocycles. The summed E-state index contributed by atoms with van der Waals surface area (Å²) in [4.78, 5) is 24.0. The molecule has 1 aliphatic rings. The number of carbonyl (C=O) groups is 1. The van der Waals surface area contributed by atoms with E-state index in [1.165, 1.54) is 39.6 Å². The van der Waals surface area contributed by atoms with Crippen molar-refractivity contribution in [2.45, 2.75) is 57.4 Å². The number of thiophene rings is 1. The van der Waals surface area contributed by atoms with Gasteiger partial charge in [0.2, 0.25) is 5.91 Å². The molecule has 0 spiro atoms. The molecule has 1 N–H and O–H groups in total. The molecule has 6 heteroatoms. The van der Waals surface area contributed by atoms with Crippen molar-refractivity contribution in [3.8, 4) is 0 Å². The van der Waals surface area contributed by atoms with Crippen molar-refractivity contribution in [3.63, 3.8) is 0 Å². The number of aromatic nitrogens is 2. The first kappa shape index (κ1) is 20.4.